The largest absolute Gasteiger partial charge is 4.00 e. The van der Waals surface area contributed by atoms with E-state index in [-0.39, 0.29) is 44.0 Å². The van der Waals surface area contributed by atoms with Gasteiger partial charge in [-0.2, -0.15) is 11.1 Å². The fourth-order valence-corrected chi connectivity index (χ4v) is 7.29. The fraction of sp³-hybridized carbons (Fsp3) is 0.367. The predicted molar refractivity (Wildman–Crippen MR) is 155 cm³/mol. The van der Waals surface area contributed by atoms with Gasteiger partial charge in [-0.15, -0.1) is 6.92 Å². The minimum Gasteiger partial charge on any atom is -0.358 e. The molecule has 0 bridgehead atoms. The quantitative estimate of drug-likeness (QED) is 0.303. The van der Waals surface area contributed by atoms with Gasteiger partial charge < -0.3 is 22.3 Å². The Labute approximate surface area is 225 Å². The van der Waals surface area contributed by atoms with Crippen molar-refractivity contribution in [3.05, 3.63) is 98.7 Å². The summed E-state index contributed by atoms with van der Waals surface area (Å²) in [6, 6.07) is 16.1. The molecular weight excluding hydrogens is 464 g/mol. The molecule has 0 saturated heterocycles. The molecule has 0 aliphatic heterocycles. The topological polar surface area (TPSA) is 0 Å². The molecule has 1 unspecified atom stereocenters. The molecule has 0 fully saturated rings. The van der Waals surface area contributed by atoms with E-state index in [1.807, 2.05) is 0 Å². The monoisotopic (exact) mass is 511 g/mol. The molecule has 1 radical (unpaired) electrons. The van der Waals surface area contributed by atoms with E-state index in [0.717, 1.165) is 0 Å². The minimum atomic E-state index is -1.24. The Hall–Kier alpha value is -0.932. The first-order valence-electron chi connectivity index (χ1n) is 10.7. The maximum absolute atomic E-state index is 3.36. The minimum absolute atomic E-state index is 0. The van der Waals surface area contributed by atoms with Crippen LogP contribution in [0.3, 0.4) is 0 Å². The zero-order valence-corrected chi connectivity index (χ0v) is 27.2. The van der Waals surface area contributed by atoms with Gasteiger partial charge in [0.1, 0.15) is 8.80 Å². The SMILES string of the molecule is CC1=[C-]C(C)C(C)=C1C.Cc1cc([Si](C)c2ccccc2C)cc([Si](C)(C)C)c1.[CH3-].[CH3-].[CH3-].[Ti+4]. The molecule has 1 atom stereocenters. The summed E-state index contributed by atoms with van der Waals surface area (Å²) in [6.45, 7) is 22.9. The van der Waals surface area contributed by atoms with Crippen LogP contribution >= 0.6 is 0 Å². The average molecular weight is 512 g/mol. The first kappa shape index (κ1) is 36.6. The van der Waals surface area contributed by atoms with E-state index < -0.39 is 16.9 Å². The van der Waals surface area contributed by atoms with Gasteiger partial charge in [0, 0.05) is 0 Å². The van der Waals surface area contributed by atoms with Crippen molar-refractivity contribution in [3.63, 3.8) is 0 Å². The smallest absolute Gasteiger partial charge is 0.358 e. The number of allylic oxidation sites excluding steroid dienone is 4. The van der Waals surface area contributed by atoms with Crippen LogP contribution in [-0.4, -0.2) is 16.9 Å². The predicted octanol–water partition coefficient (Wildman–Crippen LogP) is 7.16. The van der Waals surface area contributed by atoms with Crippen LogP contribution in [-0.2, 0) is 21.7 Å². The summed E-state index contributed by atoms with van der Waals surface area (Å²) >= 11 is 0. The van der Waals surface area contributed by atoms with Crippen LogP contribution in [0.1, 0.15) is 38.8 Å². The van der Waals surface area contributed by atoms with Gasteiger partial charge in [-0.05, 0) is 13.8 Å². The summed E-state index contributed by atoms with van der Waals surface area (Å²) in [5.74, 6) is 0.560. The van der Waals surface area contributed by atoms with Gasteiger partial charge in [-0.1, -0.05) is 122 Å². The van der Waals surface area contributed by atoms with E-state index in [9.17, 15) is 0 Å². The number of rotatable bonds is 3. The molecule has 179 valence electrons. The van der Waals surface area contributed by atoms with Crippen molar-refractivity contribution < 1.29 is 21.7 Å². The molecule has 2 aromatic carbocycles. The third-order valence-electron chi connectivity index (χ3n) is 6.16. The van der Waals surface area contributed by atoms with Crippen molar-refractivity contribution in [2.45, 2.75) is 67.7 Å². The summed E-state index contributed by atoms with van der Waals surface area (Å²) in [5.41, 5.74) is 7.09. The second kappa shape index (κ2) is 15.1. The Bertz CT molecular complexity index is 933. The van der Waals surface area contributed by atoms with Crippen LogP contribution < -0.4 is 15.6 Å². The Morgan fingerprint density at radius 2 is 1.39 bits per heavy atom. The van der Waals surface area contributed by atoms with E-state index in [4.69, 9.17) is 0 Å². The zero-order chi connectivity index (χ0) is 21.9. The van der Waals surface area contributed by atoms with E-state index in [1.54, 1.807) is 15.6 Å². The molecule has 0 amide bonds. The first-order chi connectivity index (χ1) is 13.4. The zero-order valence-electron chi connectivity index (χ0n) is 23.6. The summed E-state index contributed by atoms with van der Waals surface area (Å²) in [7, 11) is -1.90. The standard InChI is InChI=1S/C18H25Si2.C9H13.3CH3.Ti/c1-14-11-16(13-17(12-14)20(4,5)6)19(3)18-10-8-7-9-15(18)2;1-6-5-7(2)9(4)8(6)3;;;;/h7-13H,1-6H3;6H,1-4H3;3*1H3;/q;4*-1;+4. The second-order valence-corrected chi connectivity index (χ2v) is 17.0. The average Bonchev–Trinajstić information content (AvgIpc) is 2.86. The summed E-state index contributed by atoms with van der Waals surface area (Å²) in [6.07, 6.45) is 3.36. The summed E-state index contributed by atoms with van der Waals surface area (Å²) < 4.78 is 0. The van der Waals surface area contributed by atoms with Crippen LogP contribution in [0, 0.1) is 48.1 Å². The molecule has 0 aromatic heterocycles. The van der Waals surface area contributed by atoms with Gasteiger partial charge in [0.25, 0.3) is 0 Å². The van der Waals surface area contributed by atoms with E-state index in [0.29, 0.717) is 5.92 Å². The fourth-order valence-electron chi connectivity index (χ4n) is 3.74. The van der Waals surface area contributed by atoms with Gasteiger partial charge in [-0.25, -0.2) is 5.57 Å². The number of hydrogen-bond donors (Lipinski definition) is 0. The van der Waals surface area contributed by atoms with Crippen molar-refractivity contribution in [1.29, 1.82) is 0 Å². The van der Waals surface area contributed by atoms with E-state index >= 15 is 0 Å². The molecule has 3 heteroatoms. The van der Waals surface area contributed by atoms with Crippen LogP contribution in [0.4, 0.5) is 0 Å². The molecule has 0 saturated carbocycles. The second-order valence-electron chi connectivity index (χ2n) is 9.58. The maximum atomic E-state index is 3.36. The maximum Gasteiger partial charge on any atom is 4.00 e. The van der Waals surface area contributed by atoms with Gasteiger partial charge in [0.2, 0.25) is 0 Å². The van der Waals surface area contributed by atoms with E-state index in [2.05, 4.69) is 116 Å². The normalized spacial score (nSPS) is 14.6. The third-order valence-corrected chi connectivity index (χ3v) is 10.7. The molecule has 0 nitrogen and oxygen atoms in total. The van der Waals surface area contributed by atoms with E-state index in [1.165, 1.54) is 27.8 Å². The first-order valence-corrected chi connectivity index (χ1v) is 16.2. The molecule has 2 aromatic rings. The molecule has 0 N–H and O–H groups in total. The Kier molecular flexibility index (Phi) is 16.8. The molecule has 33 heavy (non-hydrogen) atoms. The number of hydrogen-bond acceptors (Lipinski definition) is 0. The van der Waals surface area contributed by atoms with Crippen LogP contribution in [0.25, 0.3) is 0 Å². The summed E-state index contributed by atoms with van der Waals surface area (Å²) in [4.78, 5) is 0. The Balaban J connectivity index is -0.000000597. The van der Waals surface area contributed by atoms with Crippen molar-refractivity contribution in [2.24, 2.45) is 5.92 Å². The molecule has 0 spiro atoms. The molecule has 3 rings (SSSR count). The van der Waals surface area contributed by atoms with Gasteiger partial charge in [-0.3, -0.25) is 6.08 Å². The van der Waals surface area contributed by atoms with Crippen LogP contribution in [0.2, 0.25) is 26.2 Å². The number of aryl methyl sites for hydroxylation is 2. The van der Waals surface area contributed by atoms with Crippen molar-refractivity contribution in [2.75, 3.05) is 0 Å². The molecule has 1 aliphatic carbocycles. The van der Waals surface area contributed by atoms with Crippen LogP contribution in [0.5, 0.6) is 0 Å². The van der Waals surface area contributed by atoms with Crippen molar-refractivity contribution in [1.82, 2.24) is 0 Å². The van der Waals surface area contributed by atoms with Gasteiger partial charge in [0.15, 0.2) is 0 Å². The third kappa shape index (κ3) is 9.68. The van der Waals surface area contributed by atoms with Crippen molar-refractivity contribution >= 4 is 32.4 Å². The molecule has 1 aliphatic rings. The molecule has 0 heterocycles. The Morgan fingerprint density at radius 1 is 0.848 bits per heavy atom. The summed E-state index contributed by atoms with van der Waals surface area (Å²) in [5, 5.41) is 4.69. The van der Waals surface area contributed by atoms with Gasteiger partial charge >= 0.3 is 21.7 Å². The Morgan fingerprint density at radius 3 is 1.79 bits per heavy atom. The van der Waals surface area contributed by atoms with Crippen molar-refractivity contribution in [3.8, 4) is 0 Å². The van der Waals surface area contributed by atoms with Gasteiger partial charge in [0.05, 0.1) is 8.07 Å². The molecular formula is C30H47Si2Ti. The van der Waals surface area contributed by atoms with Crippen LogP contribution in [0.15, 0.2) is 59.2 Å². The number of benzene rings is 2.